The third-order valence-corrected chi connectivity index (χ3v) is 4.52. The van der Waals surface area contributed by atoms with Gasteiger partial charge in [-0.2, -0.15) is 5.26 Å². The van der Waals surface area contributed by atoms with E-state index in [9.17, 15) is 10.1 Å². The summed E-state index contributed by atoms with van der Waals surface area (Å²) in [4.78, 5) is 12.7. The molecule has 1 aromatic rings. The molecule has 0 aliphatic heterocycles. The van der Waals surface area contributed by atoms with Crippen molar-refractivity contribution in [3.05, 3.63) is 35.9 Å². The average Bonchev–Trinajstić information content (AvgIpc) is 2.79. The van der Waals surface area contributed by atoms with Crippen LogP contribution in [0.5, 0.6) is 0 Å². The number of hydrogen-bond acceptors (Lipinski definition) is 2. The normalized spacial score (nSPS) is 19.0. The molecule has 1 atom stereocenters. The van der Waals surface area contributed by atoms with Crippen LogP contribution < -0.4 is 5.32 Å². The first-order valence-electron chi connectivity index (χ1n) is 7.99. The van der Waals surface area contributed by atoms with E-state index in [0.717, 1.165) is 37.7 Å². The quantitative estimate of drug-likeness (QED) is 0.846. The van der Waals surface area contributed by atoms with Crippen molar-refractivity contribution in [2.45, 2.75) is 57.9 Å². The largest absolute Gasteiger partial charge is 0.348 e. The lowest BCUT2D eigenvalue weighted by atomic mass is 9.80. The minimum Gasteiger partial charge on any atom is -0.348 e. The number of nitriles is 1. The fourth-order valence-electron chi connectivity index (χ4n) is 3.12. The molecular weight excluding hydrogens is 260 g/mol. The Labute approximate surface area is 127 Å². The van der Waals surface area contributed by atoms with Crippen LogP contribution in [-0.4, -0.2) is 5.91 Å². The number of carbonyl (C=O) groups excluding carboxylic acids is 1. The number of amides is 1. The van der Waals surface area contributed by atoms with Gasteiger partial charge in [0.25, 0.3) is 0 Å². The summed E-state index contributed by atoms with van der Waals surface area (Å²) < 4.78 is 0. The maximum Gasteiger partial charge on any atom is 0.240 e. The molecule has 1 aliphatic rings. The molecule has 3 heteroatoms. The number of benzene rings is 1. The van der Waals surface area contributed by atoms with Crippen LogP contribution >= 0.6 is 0 Å². The van der Waals surface area contributed by atoms with Gasteiger partial charge in [0.2, 0.25) is 5.91 Å². The molecule has 1 saturated carbocycles. The highest BCUT2D eigenvalue weighted by atomic mass is 16.2. The second-order valence-electron chi connectivity index (χ2n) is 5.95. The third kappa shape index (κ3) is 3.64. The summed E-state index contributed by atoms with van der Waals surface area (Å²) in [6.45, 7) is 2.06. The standard InChI is InChI=1S/C18H24N2O/c1-2-16(15-10-6-5-7-11-15)20-17(21)18(14-19)12-8-3-4-9-13-18/h5-7,10-11,16H,2-4,8-9,12-13H2,1H3,(H,20,21). The Morgan fingerprint density at radius 2 is 1.86 bits per heavy atom. The molecule has 0 radical (unpaired) electrons. The van der Waals surface area contributed by atoms with E-state index in [4.69, 9.17) is 0 Å². The Balaban J connectivity index is 2.13. The Kier molecular flexibility index (Phi) is 5.38. The maximum absolute atomic E-state index is 12.7. The van der Waals surface area contributed by atoms with E-state index in [1.54, 1.807) is 0 Å². The van der Waals surface area contributed by atoms with Gasteiger partial charge in [0.05, 0.1) is 12.1 Å². The van der Waals surface area contributed by atoms with E-state index in [1.807, 2.05) is 30.3 Å². The van der Waals surface area contributed by atoms with Gasteiger partial charge in [0.1, 0.15) is 5.41 Å². The molecule has 0 spiro atoms. The summed E-state index contributed by atoms with van der Waals surface area (Å²) in [5, 5.41) is 12.7. The molecule has 0 bridgehead atoms. The van der Waals surface area contributed by atoms with Crippen molar-refractivity contribution in [2.24, 2.45) is 5.41 Å². The predicted octanol–water partition coefficient (Wildman–Crippen LogP) is 4.12. The predicted molar refractivity (Wildman–Crippen MR) is 83.4 cm³/mol. The molecule has 1 aliphatic carbocycles. The van der Waals surface area contributed by atoms with Crippen molar-refractivity contribution in [2.75, 3.05) is 0 Å². The molecule has 0 heterocycles. The highest BCUT2D eigenvalue weighted by Gasteiger charge is 2.39. The van der Waals surface area contributed by atoms with Gasteiger partial charge in [-0.1, -0.05) is 62.9 Å². The molecule has 1 aromatic carbocycles. The minimum absolute atomic E-state index is 0.00724. The number of nitrogens with one attached hydrogen (secondary N) is 1. The Morgan fingerprint density at radius 3 is 2.38 bits per heavy atom. The maximum atomic E-state index is 12.7. The van der Waals surface area contributed by atoms with E-state index in [1.165, 1.54) is 0 Å². The van der Waals surface area contributed by atoms with Crippen molar-refractivity contribution < 1.29 is 4.79 Å². The van der Waals surface area contributed by atoms with Crippen molar-refractivity contribution in [3.63, 3.8) is 0 Å². The van der Waals surface area contributed by atoms with Crippen molar-refractivity contribution in [1.29, 1.82) is 5.26 Å². The van der Waals surface area contributed by atoms with Gasteiger partial charge in [-0.15, -0.1) is 0 Å². The van der Waals surface area contributed by atoms with E-state index in [2.05, 4.69) is 18.3 Å². The van der Waals surface area contributed by atoms with E-state index in [0.29, 0.717) is 12.8 Å². The van der Waals surface area contributed by atoms with Crippen LogP contribution in [0.4, 0.5) is 0 Å². The molecule has 0 aromatic heterocycles. The van der Waals surface area contributed by atoms with Gasteiger partial charge in [0.15, 0.2) is 0 Å². The topological polar surface area (TPSA) is 52.9 Å². The number of rotatable bonds is 4. The molecule has 1 fully saturated rings. The van der Waals surface area contributed by atoms with E-state index < -0.39 is 5.41 Å². The average molecular weight is 284 g/mol. The van der Waals surface area contributed by atoms with Gasteiger partial charge in [0, 0.05) is 0 Å². The summed E-state index contributed by atoms with van der Waals surface area (Å²) in [5.41, 5.74) is 0.286. The first-order valence-corrected chi connectivity index (χ1v) is 7.99. The molecule has 1 amide bonds. The third-order valence-electron chi connectivity index (χ3n) is 4.52. The molecule has 1 unspecified atom stereocenters. The second-order valence-corrected chi connectivity index (χ2v) is 5.95. The zero-order chi connectivity index (χ0) is 15.1. The Bertz CT molecular complexity index is 496. The van der Waals surface area contributed by atoms with Gasteiger partial charge < -0.3 is 5.32 Å². The van der Waals surface area contributed by atoms with Crippen LogP contribution in [0.15, 0.2) is 30.3 Å². The van der Waals surface area contributed by atoms with Crippen molar-refractivity contribution >= 4 is 5.91 Å². The minimum atomic E-state index is -0.821. The molecule has 0 saturated heterocycles. The van der Waals surface area contributed by atoms with Gasteiger partial charge in [-0.05, 0) is 24.8 Å². The van der Waals surface area contributed by atoms with E-state index in [-0.39, 0.29) is 11.9 Å². The lowest BCUT2D eigenvalue weighted by molar-refractivity contribution is -0.129. The van der Waals surface area contributed by atoms with Crippen molar-refractivity contribution in [3.8, 4) is 6.07 Å². The van der Waals surface area contributed by atoms with Gasteiger partial charge >= 0.3 is 0 Å². The van der Waals surface area contributed by atoms with E-state index >= 15 is 0 Å². The Hall–Kier alpha value is -1.82. The van der Waals surface area contributed by atoms with Crippen LogP contribution in [0.1, 0.15) is 63.5 Å². The molecule has 112 valence electrons. The zero-order valence-corrected chi connectivity index (χ0v) is 12.8. The highest BCUT2D eigenvalue weighted by molar-refractivity contribution is 5.85. The smallest absolute Gasteiger partial charge is 0.240 e. The SMILES string of the molecule is CCC(NC(=O)C1(C#N)CCCCCC1)c1ccccc1. The lowest BCUT2D eigenvalue weighted by Gasteiger charge is -2.27. The van der Waals surface area contributed by atoms with Crippen LogP contribution in [0.25, 0.3) is 0 Å². The first-order chi connectivity index (χ1) is 10.2. The number of nitrogens with zero attached hydrogens (tertiary/aromatic N) is 1. The monoisotopic (exact) mass is 284 g/mol. The van der Waals surface area contributed by atoms with Crippen LogP contribution in [0.3, 0.4) is 0 Å². The Morgan fingerprint density at radius 1 is 1.24 bits per heavy atom. The number of hydrogen-bond donors (Lipinski definition) is 1. The fourth-order valence-corrected chi connectivity index (χ4v) is 3.12. The summed E-state index contributed by atoms with van der Waals surface area (Å²) >= 11 is 0. The zero-order valence-electron chi connectivity index (χ0n) is 12.8. The fraction of sp³-hybridized carbons (Fsp3) is 0.556. The summed E-state index contributed by atoms with van der Waals surface area (Å²) in [6, 6.07) is 12.3. The number of carbonyl (C=O) groups is 1. The highest BCUT2D eigenvalue weighted by Crippen LogP contribution is 2.35. The summed E-state index contributed by atoms with van der Waals surface area (Å²) in [7, 11) is 0. The first kappa shape index (κ1) is 15.6. The van der Waals surface area contributed by atoms with Gasteiger partial charge in [-0.3, -0.25) is 4.79 Å². The molecule has 1 N–H and O–H groups in total. The van der Waals surface area contributed by atoms with Crippen molar-refractivity contribution in [1.82, 2.24) is 5.32 Å². The molecule has 3 nitrogen and oxygen atoms in total. The lowest BCUT2D eigenvalue weighted by Crippen LogP contribution is -2.41. The summed E-state index contributed by atoms with van der Waals surface area (Å²) in [5.74, 6) is -0.0809. The molecule has 21 heavy (non-hydrogen) atoms. The van der Waals surface area contributed by atoms with Crippen LogP contribution in [-0.2, 0) is 4.79 Å². The molecular formula is C18H24N2O. The summed E-state index contributed by atoms with van der Waals surface area (Å²) in [6.07, 6.45) is 6.43. The van der Waals surface area contributed by atoms with Gasteiger partial charge in [-0.25, -0.2) is 0 Å². The molecule has 2 rings (SSSR count). The van der Waals surface area contributed by atoms with Crippen LogP contribution in [0, 0.1) is 16.7 Å². The second kappa shape index (κ2) is 7.26. The van der Waals surface area contributed by atoms with Crippen LogP contribution in [0.2, 0.25) is 0 Å².